The minimum atomic E-state index is -3.70. The number of para-hydroxylation sites is 2. The molecular formula is C60H59I2N3O10S. The van der Waals surface area contributed by atoms with E-state index >= 15 is 0 Å². The van der Waals surface area contributed by atoms with Gasteiger partial charge in [0.25, 0.3) is 0 Å². The number of hydrogen-bond donors (Lipinski definition) is 2. The zero-order valence-corrected chi connectivity index (χ0v) is 48.0. The molecule has 3 aromatic heterocycles. The molecule has 0 spiro atoms. The van der Waals surface area contributed by atoms with Crippen molar-refractivity contribution in [1.82, 2.24) is 10.1 Å². The maximum absolute atomic E-state index is 13.6. The second-order valence-electron chi connectivity index (χ2n) is 17.9. The number of carbonyl (C=O) groups is 2. The SMILES string of the molecule is CC(=O)CC(c1ccccc1)c1c(O)c2ccccc2oc1=O.CCCCc1oc2ccccc2c1C(=O)c1cc(I)c(OCCN(CC)CC)c(I)c1.Cc1onc(-c2ccccc2)c1-c1ccc(S(N)(=O)=O)cc1. The number of likely N-dealkylation sites (N-methyl/N-ethyl adjacent to an activating group) is 1. The van der Waals surface area contributed by atoms with Crippen molar-refractivity contribution in [3.63, 3.8) is 0 Å². The van der Waals surface area contributed by atoms with E-state index in [9.17, 15) is 27.9 Å². The molecule has 9 aromatic rings. The van der Waals surface area contributed by atoms with Gasteiger partial charge in [-0.3, -0.25) is 9.59 Å². The molecule has 0 aliphatic heterocycles. The van der Waals surface area contributed by atoms with Gasteiger partial charge in [-0.2, -0.15) is 0 Å². The molecule has 3 N–H and O–H groups in total. The molecular weight excluding hydrogens is 1210 g/mol. The third-order valence-electron chi connectivity index (χ3n) is 12.7. The number of aryl methyl sites for hydroxylation is 2. The van der Waals surface area contributed by atoms with E-state index in [-0.39, 0.29) is 34.2 Å². The van der Waals surface area contributed by atoms with Crippen LogP contribution in [0.3, 0.4) is 0 Å². The molecule has 3 heterocycles. The van der Waals surface area contributed by atoms with Crippen molar-refractivity contribution in [3.8, 4) is 33.9 Å². The normalized spacial score (nSPS) is 11.7. The number of ether oxygens (including phenoxy) is 1. The Morgan fingerprint density at radius 1 is 0.776 bits per heavy atom. The summed E-state index contributed by atoms with van der Waals surface area (Å²) in [5, 5.41) is 21.2. The molecule has 1 atom stereocenters. The highest BCUT2D eigenvalue weighted by atomic mass is 127. The van der Waals surface area contributed by atoms with Crippen LogP contribution < -0.4 is 15.5 Å². The fourth-order valence-electron chi connectivity index (χ4n) is 8.78. The van der Waals surface area contributed by atoms with Crippen LogP contribution in [-0.2, 0) is 21.2 Å². The Morgan fingerprint density at radius 3 is 1.95 bits per heavy atom. The van der Waals surface area contributed by atoms with E-state index < -0.39 is 21.6 Å². The van der Waals surface area contributed by atoms with Gasteiger partial charge in [-0.1, -0.05) is 135 Å². The largest absolute Gasteiger partial charge is 0.507 e. The third kappa shape index (κ3) is 13.9. The van der Waals surface area contributed by atoms with Gasteiger partial charge in [-0.15, -0.1) is 0 Å². The lowest BCUT2D eigenvalue weighted by molar-refractivity contribution is -0.117. The van der Waals surface area contributed by atoms with Crippen molar-refractivity contribution in [1.29, 1.82) is 0 Å². The number of carbonyl (C=O) groups excluding carboxylic acids is 2. The topological polar surface area (TPSA) is 196 Å². The Kier molecular flexibility index (Phi) is 20.0. The van der Waals surface area contributed by atoms with Crippen LogP contribution in [0.1, 0.15) is 91.4 Å². The van der Waals surface area contributed by atoms with Crippen LogP contribution in [0.15, 0.2) is 169 Å². The van der Waals surface area contributed by atoms with Gasteiger partial charge in [-0.05, 0) is 132 Å². The summed E-state index contributed by atoms with van der Waals surface area (Å²) >= 11 is 4.54. The minimum Gasteiger partial charge on any atom is -0.507 e. The lowest BCUT2D eigenvalue weighted by Crippen LogP contribution is -2.28. The number of aromatic nitrogens is 1. The van der Waals surface area contributed by atoms with E-state index in [1.165, 1.54) is 19.1 Å². The van der Waals surface area contributed by atoms with Crippen molar-refractivity contribution >= 4 is 88.7 Å². The molecule has 1 unspecified atom stereocenters. The molecule has 0 amide bonds. The molecule has 0 aliphatic carbocycles. The number of sulfonamides is 1. The molecule has 0 saturated carbocycles. The van der Waals surface area contributed by atoms with Crippen LogP contribution in [0, 0.1) is 14.1 Å². The Hall–Kier alpha value is -6.45. The summed E-state index contributed by atoms with van der Waals surface area (Å²) in [6.45, 7) is 13.3. The van der Waals surface area contributed by atoms with Crippen LogP contribution >= 0.6 is 45.2 Å². The maximum atomic E-state index is 13.6. The van der Waals surface area contributed by atoms with Crippen molar-refractivity contribution in [2.24, 2.45) is 5.14 Å². The third-order valence-corrected chi connectivity index (χ3v) is 15.2. The molecule has 9 rings (SSSR count). The number of hydrogen-bond acceptors (Lipinski definition) is 12. The second kappa shape index (κ2) is 26.5. The molecule has 13 nitrogen and oxygen atoms in total. The van der Waals surface area contributed by atoms with Crippen molar-refractivity contribution in [3.05, 3.63) is 197 Å². The molecule has 394 valence electrons. The molecule has 6 aromatic carbocycles. The van der Waals surface area contributed by atoms with Gasteiger partial charge >= 0.3 is 5.63 Å². The van der Waals surface area contributed by atoms with Crippen LogP contribution in [0.4, 0.5) is 0 Å². The van der Waals surface area contributed by atoms with E-state index in [2.05, 4.69) is 76.0 Å². The molecule has 0 fully saturated rings. The number of primary sulfonamides is 1. The molecule has 0 saturated heterocycles. The highest BCUT2D eigenvalue weighted by molar-refractivity contribution is 14.1. The van der Waals surface area contributed by atoms with E-state index in [0.29, 0.717) is 34.5 Å². The summed E-state index contributed by atoms with van der Waals surface area (Å²) in [4.78, 5) is 40.1. The Labute approximate surface area is 469 Å². The van der Waals surface area contributed by atoms with Crippen molar-refractivity contribution in [2.75, 3.05) is 26.2 Å². The van der Waals surface area contributed by atoms with Crippen LogP contribution in [0.25, 0.3) is 44.3 Å². The molecule has 0 radical (unpaired) electrons. The standard InChI is InChI=1S/C25H29I2NO3.C19H16O4.C16H14N2O3S/c1-4-7-11-22-23(18-10-8-9-12-21(18)31-22)24(29)17-15-19(26)25(20(27)16-17)30-14-13-28(5-2)6-3;1-12(20)11-15(13-7-3-2-4-8-13)17-18(21)14-9-5-6-10-16(14)23-19(17)22;1-11-15(12-7-9-14(10-8-12)22(17,19)20)16(18-21-11)13-5-3-2-4-6-13/h8-10,12,15-16H,4-7,11,13-14H2,1-3H3;2-10,15,21H,11H2,1H3;2-10H,1H3,(H2,17,19,20). The first-order valence-corrected chi connectivity index (χ1v) is 28.6. The summed E-state index contributed by atoms with van der Waals surface area (Å²) in [6, 6.07) is 43.7. The quantitative estimate of drug-likeness (QED) is 0.0469. The average molecular weight is 1270 g/mol. The number of nitrogens with two attached hydrogens (primary N) is 1. The lowest BCUT2D eigenvalue weighted by Gasteiger charge is -2.19. The van der Waals surface area contributed by atoms with Gasteiger partial charge < -0.3 is 28.1 Å². The van der Waals surface area contributed by atoms with E-state index in [4.69, 9.17) is 23.2 Å². The summed E-state index contributed by atoms with van der Waals surface area (Å²) in [5.74, 6) is 1.61. The summed E-state index contributed by atoms with van der Waals surface area (Å²) < 4.78 is 47.4. The number of halogens is 2. The van der Waals surface area contributed by atoms with Gasteiger partial charge in [0.15, 0.2) is 5.78 Å². The van der Waals surface area contributed by atoms with Crippen molar-refractivity contribution < 1.29 is 41.2 Å². The van der Waals surface area contributed by atoms with Gasteiger partial charge in [0.05, 0.1) is 34.1 Å². The van der Waals surface area contributed by atoms with Gasteiger partial charge in [0.1, 0.15) is 52.3 Å². The predicted octanol–water partition coefficient (Wildman–Crippen LogP) is 13.5. The summed E-state index contributed by atoms with van der Waals surface area (Å²) in [6.07, 6.45) is 2.95. The minimum absolute atomic E-state index is 0.0153. The fraction of sp³-hybridized carbons (Fsp3) is 0.233. The predicted molar refractivity (Wildman–Crippen MR) is 315 cm³/mol. The number of rotatable bonds is 18. The molecule has 76 heavy (non-hydrogen) atoms. The number of aromatic hydroxyl groups is 1. The molecule has 0 aliphatic rings. The summed E-state index contributed by atoms with van der Waals surface area (Å²) in [5.41, 5.74) is 6.11. The Bertz CT molecular complexity index is 3590. The fourth-order valence-corrected chi connectivity index (χ4v) is 11.4. The molecule has 0 bridgehead atoms. The monoisotopic (exact) mass is 1270 g/mol. The number of benzene rings is 6. The summed E-state index contributed by atoms with van der Waals surface area (Å²) in [7, 11) is -3.70. The van der Waals surface area contributed by atoms with E-state index in [1.807, 2.05) is 104 Å². The highest BCUT2D eigenvalue weighted by Gasteiger charge is 2.27. The highest BCUT2D eigenvalue weighted by Crippen LogP contribution is 2.38. The van der Waals surface area contributed by atoms with Gasteiger partial charge in [0.2, 0.25) is 10.0 Å². The average Bonchev–Trinajstić information content (AvgIpc) is 4.01. The number of fused-ring (bicyclic) bond motifs is 2. The first-order valence-electron chi connectivity index (χ1n) is 24.9. The van der Waals surface area contributed by atoms with Crippen LogP contribution in [0.5, 0.6) is 11.5 Å². The Morgan fingerprint density at radius 2 is 1.36 bits per heavy atom. The Balaban J connectivity index is 0.000000169. The zero-order valence-electron chi connectivity index (χ0n) is 42.8. The maximum Gasteiger partial charge on any atom is 0.343 e. The number of nitrogens with zero attached hydrogens (tertiary/aromatic N) is 2. The number of unbranched alkanes of at least 4 members (excludes halogenated alkanes) is 1. The van der Waals surface area contributed by atoms with E-state index in [1.54, 1.807) is 36.4 Å². The second-order valence-corrected chi connectivity index (χ2v) is 21.8. The number of Topliss-reactive ketones (excluding diaryl/α,β-unsaturated/α-hetero) is 1. The zero-order chi connectivity index (χ0) is 54.5. The first-order chi connectivity index (χ1) is 36.5. The van der Waals surface area contributed by atoms with Crippen LogP contribution in [0.2, 0.25) is 0 Å². The number of ketones is 2. The smallest absolute Gasteiger partial charge is 0.343 e. The first kappa shape index (κ1) is 57.3. The number of furan rings is 1. The molecule has 16 heteroatoms. The van der Waals surface area contributed by atoms with Gasteiger partial charge in [0, 0.05) is 41.8 Å². The van der Waals surface area contributed by atoms with Crippen molar-refractivity contribution in [2.45, 2.75) is 71.1 Å². The van der Waals surface area contributed by atoms with E-state index in [0.717, 1.165) is 96.5 Å². The van der Waals surface area contributed by atoms with Crippen LogP contribution in [-0.4, -0.2) is 61.4 Å². The lowest BCUT2D eigenvalue weighted by atomic mass is 9.87. The van der Waals surface area contributed by atoms with Gasteiger partial charge in [-0.25, -0.2) is 18.4 Å².